The molecule has 0 bridgehead atoms. The van der Waals surface area contributed by atoms with Gasteiger partial charge in [-0.15, -0.1) is 11.3 Å². The molecule has 5 nitrogen and oxygen atoms in total. The van der Waals surface area contributed by atoms with Crippen LogP contribution in [0.25, 0.3) is 21.1 Å². The number of primary amides is 1. The molecule has 1 aliphatic rings. The maximum Gasteiger partial charge on any atom is 0.259 e. The smallest absolute Gasteiger partial charge is 0.259 e. The molecule has 2 aromatic heterocycles. The van der Waals surface area contributed by atoms with Crippen molar-refractivity contribution in [2.45, 2.75) is 18.9 Å². The number of furan rings is 1. The molecule has 1 unspecified atom stereocenters. The lowest BCUT2D eigenvalue weighted by Crippen LogP contribution is -2.20. The van der Waals surface area contributed by atoms with Crippen molar-refractivity contribution < 1.29 is 13.9 Å². The minimum absolute atomic E-state index is 0.299. The molecule has 0 radical (unpaired) electrons. The van der Waals surface area contributed by atoms with Crippen molar-refractivity contribution in [3.63, 3.8) is 0 Å². The minimum Gasteiger partial charge on any atom is -0.493 e. The highest BCUT2D eigenvalue weighted by Crippen LogP contribution is 2.40. The van der Waals surface area contributed by atoms with Gasteiger partial charge in [0.15, 0.2) is 11.3 Å². The number of thiophene rings is 1. The Kier molecular flexibility index (Phi) is 4.53. The predicted molar refractivity (Wildman–Crippen MR) is 116 cm³/mol. The molecule has 1 saturated heterocycles. The fraction of sp³-hybridized carbons (Fsp3) is 0.261. The molecule has 0 saturated carbocycles. The lowest BCUT2D eigenvalue weighted by Gasteiger charge is -2.15. The topological polar surface area (TPSA) is 68.7 Å². The Hall–Kier alpha value is -2.83. The van der Waals surface area contributed by atoms with E-state index in [0.29, 0.717) is 10.8 Å². The van der Waals surface area contributed by atoms with Crippen LogP contribution >= 0.6 is 11.3 Å². The number of methoxy groups -OCH3 is 1. The summed E-state index contributed by atoms with van der Waals surface area (Å²) in [6.07, 6.45) is 1.00. The molecule has 1 atom stereocenters. The maximum atomic E-state index is 12.1. The molecule has 1 aliphatic heterocycles. The first-order chi connectivity index (χ1) is 14.1. The van der Waals surface area contributed by atoms with Crippen LogP contribution in [0.4, 0.5) is 0 Å². The standard InChI is InChI=1S/C23H22N2O3S/c1-27-18-7-4-5-14-11-16(28-21(14)18)13-25-10-9-15(12-25)20-17-6-2-3-8-19(17)29-22(20)23(24)26/h2-8,11,15H,9-10,12-13H2,1H3,(H2,24,26). The van der Waals surface area contributed by atoms with Crippen LogP contribution in [0.5, 0.6) is 5.75 Å². The number of hydrogen-bond donors (Lipinski definition) is 1. The van der Waals surface area contributed by atoms with Crippen LogP contribution < -0.4 is 10.5 Å². The summed E-state index contributed by atoms with van der Waals surface area (Å²) in [4.78, 5) is 15.2. The number of carbonyl (C=O) groups is 1. The Morgan fingerprint density at radius 1 is 1.28 bits per heavy atom. The van der Waals surface area contributed by atoms with E-state index in [1.807, 2.05) is 30.3 Å². The van der Waals surface area contributed by atoms with Crippen LogP contribution in [0.15, 0.2) is 52.9 Å². The number of likely N-dealkylation sites (tertiary alicyclic amines) is 1. The highest BCUT2D eigenvalue weighted by molar-refractivity contribution is 7.21. The Morgan fingerprint density at radius 3 is 2.97 bits per heavy atom. The van der Waals surface area contributed by atoms with Crippen LogP contribution in [0, 0.1) is 0 Å². The average Bonchev–Trinajstić information content (AvgIpc) is 3.43. The van der Waals surface area contributed by atoms with E-state index in [1.54, 1.807) is 7.11 Å². The molecule has 0 aliphatic carbocycles. The van der Waals surface area contributed by atoms with Crippen molar-refractivity contribution >= 4 is 38.3 Å². The highest BCUT2D eigenvalue weighted by Gasteiger charge is 2.30. The van der Waals surface area contributed by atoms with E-state index in [0.717, 1.165) is 64.2 Å². The number of carbonyl (C=O) groups excluding carboxylic acids is 1. The third-order valence-corrected chi connectivity index (χ3v) is 6.90. The lowest BCUT2D eigenvalue weighted by atomic mass is 9.95. The zero-order valence-corrected chi connectivity index (χ0v) is 17.0. The number of ether oxygens (including phenoxy) is 1. The third kappa shape index (κ3) is 3.18. The quantitative estimate of drug-likeness (QED) is 0.520. The van der Waals surface area contributed by atoms with Crippen molar-refractivity contribution in [1.29, 1.82) is 0 Å². The van der Waals surface area contributed by atoms with E-state index in [4.69, 9.17) is 14.9 Å². The van der Waals surface area contributed by atoms with Crippen molar-refractivity contribution in [2.24, 2.45) is 5.73 Å². The second-order valence-corrected chi connectivity index (χ2v) is 8.57. The third-order valence-electron chi connectivity index (χ3n) is 5.70. The molecule has 5 rings (SSSR count). The summed E-state index contributed by atoms with van der Waals surface area (Å²) in [5, 5.41) is 2.21. The summed E-state index contributed by atoms with van der Waals surface area (Å²) in [5.74, 6) is 1.65. The number of hydrogen-bond acceptors (Lipinski definition) is 5. The van der Waals surface area contributed by atoms with E-state index in [2.05, 4.69) is 23.1 Å². The van der Waals surface area contributed by atoms with Crippen LogP contribution in [0.2, 0.25) is 0 Å². The van der Waals surface area contributed by atoms with Gasteiger partial charge in [0.2, 0.25) is 0 Å². The first kappa shape index (κ1) is 18.2. The fourth-order valence-electron chi connectivity index (χ4n) is 4.41. The largest absolute Gasteiger partial charge is 0.493 e. The van der Waals surface area contributed by atoms with E-state index in [9.17, 15) is 4.79 Å². The average molecular weight is 407 g/mol. The molecule has 6 heteroatoms. The van der Waals surface area contributed by atoms with Crippen molar-refractivity contribution in [3.8, 4) is 5.75 Å². The number of rotatable bonds is 5. The number of nitrogens with zero attached hydrogens (tertiary/aromatic N) is 1. The molecule has 4 aromatic rings. The molecule has 0 spiro atoms. The molecular formula is C23H22N2O3S. The van der Waals surface area contributed by atoms with Gasteiger partial charge in [0.1, 0.15) is 5.76 Å². The highest BCUT2D eigenvalue weighted by atomic mass is 32.1. The zero-order valence-electron chi connectivity index (χ0n) is 16.2. The Bertz CT molecular complexity index is 1210. The van der Waals surface area contributed by atoms with Crippen LogP contribution in [-0.2, 0) is 6.54 Å². The number of nitrogens with two attached hydrogens (primary N) is 1. The molecule has 3 heterocycles. The van der Waals surface area contributed by atoms with Gasteiger partial charge in [0.25, 0.3) is 5.91 Å². The SMILES string of the molecule is COc1cccc2cc(CN3CCC(c4c(C(N)=O)sc5ccccc45)C3)oc12. The van der Waals surface area contributed by atoms with Crippen LogP contribution in [0.1, 0.15) is 33.3 Å². The summed E-state index contributed by atoms with van der Waals surface area (Å²) < 4.78 is 12.6. The number of benzene rings is 2. The zero-order chi connectivity index (χ0) is 20.0. The predicted octanol–water partition coefficient (Wildman–Crippen LogP) is 4.74. The van der Waals surface area contributed by atoms with Gasteiger partial charge in [0, 0.05) is 22.5 Å². The van der Waals surface area contributed by atoms with Crippen molar-refractivity contribution in [3.05, 3.63) is 64.7 Å². The van der Waals surface area contributed by atoms with E-state index < -0.39 is 0 Å². The summed E-state index contributed by atoms with van der Waals surface area (Å²) >= 11 is 1.51. The summed E-state index contributed by atoms with van der Waals surface area (Å²) in [6.45, 7) is 2.58. The molecule has 29 heavy (non-hydrogen) atoms. The summed E-state index contributed by atoms with van der Waals surface area (Å²) in [5.41, 5.74) is 7.62. The Labute approximate surface area is 172 Å². The van der Waals surface area contributed by atoms with E-state index in [-0.39, 0.29) is 5.91 Å². The molecule has 2 aromatic carbocycles. The van der Waals surface area contributed by atoms with Gasteiger partial charge < -0.3 is 14.9 Å². The molecule has 148 valence electrons. The van der Waals surface area contributed by atoms with Gasteiger partial charge in [-0.2, -0.15) is 0 Å². The van der Waals surface area contributed by atoms with Gasteiger partial charge in [-0.05, 0) is 42.1 Å². The molecule has 2 N–H and O–H groups in total. The van der Waals surface area contributed by atoms with Gasteiger partial charge in [0.05, 0.1) is 18.5 Å². The second-order valence-electron chi connectivity index (χ2n) is 7.52. The number of amides is 1. The van der Waals surface area contributed by atoms with Crippen LogP contribution in [0.3, 0.4) is 0 Å². The van der Waals surface area contributed by atoms with Gasteiger partial charge >= 0.3 is 0 Å². The van der Waals surface area contributed by atoms with Crippen molar-refractivity contribution in [1.82, 2.24) is 4.90 Å². The maximum absolute atomic E-state index is 12.1. The Balaban J connectivity index is 1.40. The first-order valence-electron chi connectivity index (χ1n) is 9.73. The molecule has 1 fully saturated rings. The normalized spacial score (nSPS) is 17.3. The van der Waals surface area contributed by atoms with Gasteiger partial charge in [-0.1, -0.05) is 30.3 Å². The fourth-order valence-corrected chi connectivity index (χ4v) is 5.56. The Morgan fingerprint density at radius 2 is 2.14 bits per heavy atom. The van der Waals surface area contributed by atoms with E-state index in [1.165, 1.54) is 11.3 Å². The molecule has 1 amide bonds. The minimum atomic E-state index is -0.330. The van der Waals surface area contributed by atoms with Gasteiger partial charge in [-0.25, -0.2) is 0 Å². The van der Waals surface area contributed by atoms with E-state index >= 15 is 0 Å². The number of para-hydroxylation sites is 1. The second kappa shape index (κ2) is 7.21. The van der Waals surface area contributed by atoms with Crippen LogP contribution in [-0.4, -0.2) is 31.0 Å². The first-order valence-corrected chi connectivity index (χ1v) is 10.5. The lowest BCUT2D eigenvalue weighted by molar-refractivity contribution is 0.100. The summed E-state index contributed by atoms with van der Waals surface area (Å²) in [6, 6.07) is 16.2. The van der Waals surface area contributed by atoms with Crippen molar-refractivity contribution in [2.75, 3.05) is 20.2 Å². The molecular weight excluding hydrogens is 384 g/mol. The monoisotopic (exact) mass is 406 g/mol. The summed E-state index contributed by atoms with van der Waals surface area (Å²) in [7, 11) is 1.66. The number of fused-ring (bicyclic) bond motifs is 2. The van der Waals surface area contributed by atoms with Gasteiger partial charge in [-0.3, -0.25) is 9.69 Å².